The molecular weight excluding hydrogens is 270 g/mol. The quantitative estimate of drug-likeness (QED) is 0.471. The summed E-state index contributed by atoms with van der Waals surface area (Å²) in [6.07, 6.45) is 13.8. The van der Waals surface area contributed by atoms with E-state index in [1.54, 1.807) is 0 Å². The van der Waals surface area contributed by atoms with Crippen LogP contribution in [0.15, 0.2) is 59.2 Å². The second kappa shape index (κ2) is 8.70. The Bertz CT molecular complexity index is 530. The molecule has 0 aliphatic heterocycles. The normalized spacial score (nSPS) is 21.3. The van der Waals surface area contributed by atoms with Crippen molar-refractivity contribution in [2.75, 3.05) is 6.61 Å². The summed E-state index contributed by atoms with van der Waals surface area (Å²) < 4.78 is 6.18. The predicted octanol–water partition coefficient (Wildman–Crippen LogP) is 5.30. The first kappa shape index (κ1) is 16.7. The molecule has 0 saturated carbocycles. The molecule has 0 N–H and O–H groups in total. The maximum absolute atomic E-state index is 6.18. The Labute approximate surface area is 134 Å². The van der Waals surface area contributed by atoms with Gasteiger partial charge >= 0.3 is 0 Å². The van der Waals surface area contributed by atoms with Crippen molar-refractivity contribution in [3.8, 4) is 0 Å². The lowest BCUT2D eigenvalue weighted by molar-refractivity contribution is -0.0152. The van der Waals surface area contributed by atoms with Crippen molar-refractivity contribution in [2.24, 2.45) is 4.99 Å². The monoisotopic (exact) mass is 297 g/mol. The number of nitrogens with zero attached hydrogens (tertiary/aromatic N) is 1. The number of ether oxygens (including phenoxy) is 1. The molecule has 2 nitrogen and oxygen atoms in total. The van der Waals surface area contributed by atoms with Gasteiger partial charge in [0.25, 0.3) is 0 Å². The van der Waals surface area contributed by atoms with Gasteiger partial charge < -0.3 is 4.74 Å². The van der Waals surface area contributed by atoms with Crippen LogP contribution in [-0.2, 0) is 4.74 Å². The van der Waals surface area contributed by atoms with Crippen LogP contribution in [-0.4, -0.2) is 18.4 Å². The van der Waals surface area contributed by atoms with E-state index in [0.29, 0.717) is 0 Å². The third-order valence-corrected chi connectivity index (χ3v) is 3.94. The van der Waals surface area contributed by atoms with E-state index in [9.17, 15) is 0 Å². The molecule has 2 rings (SSSR count). The molecule has 1 aliphatic carbocycles. The lowest BCUT2D eigenvalue weighted by Crippen LogP contribution is -2.31. The molecule has 0 amide bonds. The van der Waals surface area contributed by atoms with Gasteiger partial charge in [0, 0.05) is 19.2 Å². The highest BCUT2D eigenvalue weighted by molar-refractivity contribution is 5.80. The second-order valence-electron chi connectivity index (χ2n) is 5.85. The number of rotatable bonds is 8. The van der Waals surface area contributed by atoms with Crippen LogP contribution in [0.4, 0.5) is 0 Å². The van der Waals surface area contributed by atoms with Crippen LogP contribution in [0.25, 0.3) is 0 Å². The summed E-state index contributed by atoms with van der Waals surface area (Å²) in [7, 11) is 0. The maximum Gasteiger partial charge on any atom is 0.0901 e. The number of hydrogen-bond donors (Lipinski definition) is 0. The summed E-state index contributed by atoms with van der Waals surface area (Å²) >= 11 is 0. The van der Waals surface area contributed by atoms with Crippen LogP contribution in [0.2, 0.25) is 0 Å². The molecule has 0 spiro atoms. The predicted molar refractivity (Wildman–Crippen MR) is 94.4 cm³/mol. The molecule has 1 unspecified atom stereocenters. The molecule has 22 heavy (non-hydrogen) atoms. The highest BCUT2D eigenvalue weighted by atomic mass is 16.5. The summed E-state index contributed by atoms with van der Waals surface area (Å²) in [5.41, 5.74) is 2.03. The third kappa shape index (κ3) is 4.96. The van der Waals surface area contributed by atoms with Crippen molar-refractivity contribution in [3.05, 3.63) is 59.8 Å². The molecule has 118 valence electrons. The van der Waals surface area contributed by atoms with E-state index < -0.39 is 0 Å². The minimum atomic E-state index is -0.115. The topological polar surface area (TPSA) is 21.6 Å². The third-order valence-electron chi connectivity index (χ3n) is 3.94. The number of aliphatic imine (C=N–C) groups is 1. The molecule has 0 aromatic heterocycles. The summed E-state index contributed by atoms with van der Waals surface area (Å²) in [4.78, 5) is 4.57. The number of allylic oxidation sites excluding steroid dienone is 1. The van der Waals surface area contributed by atoms with Crippen molar-refractivity contribution in [1.29, 1.82) is 0 Å². The Morgan fingerprint density at radius 3 is 2.64 bits per heavy atom. The zero-order valence-electron chi connectivity index (χ0n) is 13.8. The largest absolute Gasteiger partial charge is 0.371 e. The first-order valence-electron chi connectivity index (χ1n) is 8.40. The van der Waals surface area contributed by atoms with Crippen molar-refractivity contribution in [1.82, 2.24) is 0 Å². The standard InChI is InChI=1S/C20H27NO/c1-3-5-16-22-20(13-4-2)14-11-19(12-15-20)21-17-18-9-7-6-8-10-18/h6-12,14,17H,3-5,13,15-16H2,1-2H3. The average Bonchev–Trinajstić information content (AvgIpc) is 2.56. The molecule has 2 heteroatoms. The van der Waals surface area contributed by atoms with Crippen molar-refractivity contribution >= 4 is 6.21 Å². The Balaban J connectivity index is 1.97. The number of unbranched alkanes of at least 4 members (excludes halogenated alkanes) is 1. The molecule has 0 heterocycles. The van der Waals surface area contributed by atoms with Gasteiger partial charge in [0.1, 0.15) is 0 Å². The lowest BCUT2D eigenvalue weighted by atomic mass is 9.89. The van der Waals surface area contributed by atoms with E-state index in [1.165, 1.54) is 6.42 Å². The molecule has 0 saturated heterocycles. The molecule has 1 aromatic carbocycles. The summed E-state index contributed by atoms with van der Waals surface area (Å²) in [6.45, 7) is 5.26. The Morgan fingerprint density at radius 1 is 1.18 bits per heavy atom. The SMILES string of the molecule is CCCCOC1(CCC)C=CC(N=Cc2ccccc2)=CC1. The Kier molecular flexibility index (Phi) is 6.60. The summed E-state index contributed by atoms with van der Waals surface area (Å²) in [6, 6.07) is 10.2. The van der Waals surface area contributed by atoms with Crippen LogP contribution in [0.3, 0.4) is 0 Å². The minimum Gasteiger partial charge on any atom is -0.371 e. The van der Waals surface area contributed by atoms with Gasteiger partial charge in [-0.3, -0.25) is 4.99 Å². The molecule has 0 bridgehead atoms. The van der Waals surface area contributed by atoms with Gasteiger partial charge in [-0.25, -0.2) is 0 Å². The van der Waals surface area contributed by atoms with E-state index in [4.69, 9.17) is 4.74 Å². The molecule has 1 aromatic rings. The summed E-state index contributed by atoms with van der Waals surface area (Å²) in [5.74, 6) is 0. The zero-order chi connectivity index (χ0) is 15.7. The minimum absolute atomic E-state index is 0.115. The Morgan fingerprint density at radius 2 is 2.00 bits per heavy atom. The van der Waals surface area contributed by atoms with Crippen LogP contribution < -0.4 is 0 Å². The van der Waals surface area contributed by atoms with E-state index in [2.05, 4.69) is 49.2 Å². The van der Waals surface area contributed by atoms with Crippen molar-refractivity contribution < 1.29 is 4.74 Å². The van der Waals surface area contributed by atoms with E-state index in [0.717, 1.165) is 43.6 Å². The fourth-order valence-electron chi connectivity index (χ4n) is 2.64. The lowest BCUT2D eigenvalue weighted by Gasteiger charge is -2.32. The molecule has 0 radical (unpaired) electrons. The van der Waals surface area contributed by atoms with Gasteiger partial charge in [0.05, 0.1) is 11.3 Å². The zero-order valence-corrected chi connectivity index (χ0v) is 13.8. The van der Waals surface area contributed by atoms with Crippen LogP contribution in [0.5, 0.6) is 0 Å². The maximum atomic E-state index is 6.18. The van der Waals surface area contributed by atoms with Crippen LogP contribution in [0.1, 0.15) is 51.5 Å². The van der Waals surface area contributed by atoms with Gasteiger partial charge in [-0.1, -0.05) is 69.2 Å². The van der Waals surface area contributed by atoms with E-state index in [-0.39, 0.29) is 5.60 Å². The molecule has 1 atom stereocenters. The molecule has 0 fully saturated rings. The number of hydrogen-bond acceptors (Lipinski definition) is 2. The highest BCUT2D eigenvalue weighted by Crippen LogP contribution is 2.30. The summed E-state index contributed by atoms with van der Waals surface area (Å²) in [5, 5.41) is 0. The smallest absolute Gasteiger partial charge is 0.0901 e. The Hall–Kier alpha value is -1.67. The number of benzene rings is 1. The fourth-order valence-corrected chi connectivity index (χ4v) is 2.64. The van der Waals surface area contributed by atoms with E-state index in [1.807, 2.05) is 24.4 Å². The first-order valence-corrected chi connectivity index (χ1v) is 8.40. The molecule has 1 aliphatic rings. The first-order chi connectivity index (χ1) is 10.8. The van der Waals surface area contributed by atoms with Crippen LogP contribution in [0, 0.1) is 0 Å². The van der Waals surface area contributed by atoms with Gasteiger partial charge in [-0.2, -0.15) is 0 Å². The van der Waals surface area contributed by atoms with E-state index >= 15 is 0 Å². The second-order valence-corrected chi connectivity index (χ2v) is 5.85. The van der Waals surface area contributed by atoms with Crippen molar-refractivity contribution in [3.63, 3.8) is 0 Å². The van der Waals surface area contributed by atoms with Gasteiger partial charge in [0.2, 0.25) is 0 Å². The highest BCUT2D eigenvalue weighted by Gasteiger charge is 2.27. The van der Waals surface area contributed by atoms with Gasteiger partial charge in [0.15, 0.2) is 0 Å². The van der Waals surface area contributed by atoms with Crippen molar-refractivity contribution in [2.45, 2.75) is 51.6 Å². The van der Waals surface area contributed by atoms with Crippen LogP contribution >= 0.6 is 0 Å². The van der Waals surface area contributed by atoms with Gasteiger partial charge in [-0.05, 0) is 24.5 Å². The average molecular weight is 297 g/mol. The fraction of sp³-hybridized carbons (Fsp3) is 0.450. The molecular formula is C20H27NO. The van der Waals surface area contributed by atoms with Gasteiger partial charge in [-0.15, -0.1) is 0 Å².